The zero-order valence-corrected chi connectivity index (χ0v) is 11.2. The van der Waals surface area contributed by atoms with Crippen molar-refractivity contribution in [2.75, 3.05) is 13.1 Å². The monoisotopic (exact) mass is 305 g/mol. The molecule has 1 saturated carbocycles. The number of nitrogens with zero attached hydrogens (tertiary/aromatic N) is 1. The summed E-state index contributed by atoms with van der Waals surface area (Å²) in [7, 11) is -4.51. The number of aliphatic carboxylic acids is 1. The van der Waals surface area contributed by atoms with Crippen LogP contribution in [0.25, 0.3) is 0 Å². The van der Waals surface area contributed by atoms with Gasteiger partial charge in [0, 0.05) is 6.54 Å². The molecular formula is C12H13F2NO4S. The fraction of sp³-hybridized carbons (Fsp3) is 0.417. The lowest BCUT2D eigenvalue weighted by Crippen LogP contribution is -2.38. The van der Waals surface area contributed by atoms with E-state index in [2.05, 4.69) is 0 Å². The molecular weight excluding hydrogens is 292 g/mol. The van der Waals surface area contributed by atoms with Crippen molar-refractivity contribution in [2.24, 2.45) is 5.92 Å². The van der Waals surface area contributed by atoms with Crippen molar-refractivity contribution in [2.45, 2.75) is 17.7 Å². The lowest BCUT2D eigenvalue weighted by molar-refractivity contribution is -0.137. The molecule has 0 amide bonds. The highest BCUT2D eigenvalue weighted by molar-refractivity contribution is 7.89. The molecule has 5 nitrogen and oxygen atoms in total. The minimum atomic E-state index is -4.51. The van der Waals surface area contributed by atoms with Crippen LogP contribution >= 0.6 is 0 Å². The molecule has 0 bridgehead atoms. The summed E-state index contributed by atoms with van der Waals surface area (Å²) in [6.45, 7) is -0.852. The van der Waals surface area contributed by atoms with Crippen molar-refractivity contribution in [1.29, 1.82) is 0 Å². The Morgan fingerprint density at radius 1 is 1.30 bits per heavy atom. The highest BCUT2D eigenvalue weighted by Gasteiger charge is 2.36. The van der Waals surface area contributed by atoms with Crippen LogP contribution in [0, 0.1) is 17.6 Å². The Labute approximate surface area is 114 Å². The smallest absolute Gasteiger partial charge is 0.318 e. The average Bonchev–Trinajstić information content (AvgIpc) is 3.10. The molecule has 2 rings (SSSR count). The number of carboxylic acids is 1. The van der Waals surface area contributed by atoms with E-state index in [9.17, 15) is 22.0 Å². The molecule has 0 heterocycles. The summed E-state index contributed by atoms with van der Waals surface area (Å²) in [5, 5.41) is 8.77. The van der Waals surface area contributed by atoms with Gasteiger partial charge in [-0.15, -0.1) is 0 Å². The van der Waals surface area contributed by atoms with Crippen LogP contribution in [-0.2, 0) is 14.8 Å². The van der Waals surface area contributed by atoms with Crippen LogP contribution in [0.15, 0.2) is 23.1 Å². The van der Waals surface area contributed by atoms with E-state index in [1.54, 1.807) is 0 Å². The van der Waals surface area contributed by atoms with Gasteiger partial charge in [0.05, 0.1) is 0 Å². The molecule has 110 valence electrons. The molecule has 1 fully saturated rings. The van der Waals surface area contributed by atoms with E-state index in [1.165, 1.54) is 0 Å². The minimum Gasteiger partial charge on any atom is -0.480 e. The van der Waals surface area contributed by atoms with Crippen LogP contribution in [-0.4, -0.2) is 36.9 Å². The number of rotatable bonds is 6. The van der Waals surface area contributed by atoms with Gasteiger partial charge in [0.15, 0.2) is 4.90 Å². The first-order valence-electron chi connectivity index (χ1n) is 5.98. The minimum absolute atomic E-state index is 0.0393. The van der Waals surface area contributed by atoms with Crippen LogP contribution < -0.4 is 0 Å². The average molecular weight is 305 g/mol. The second-order valence-corrected chi connectivity index (χ2v) is 6.56. The van der Waals surface area contributed by atoms with E-state index < -0.39 is 39.1 Å². The van der Waals surface area contributed by atoms with E-state index >= 15 is 0 Å². The molecule has 0 atom stereocenters. The predicted octanol–water partition coefficient (Wildman–Crippen LogP) is 1.45. The maximum Gasteiger partial charge on any atom is 0.318 e. The van der Waals surface area contributed by atoms with Gasteiger partial charge >= 0.3 is 5.97 Å². The number of benzene rings is 1. The normalized spacial score (nSPS) is 15.6. The summed E-state index contributed by atoms with van der Waals surface area (Å²) in [5.74, 6) is -3.77. The highest BCUT2D eigenvalue weighted by Crippen LogP contribution is 2.32. The maximum absolute atomic E-state index is 13.6. The lowest BCUT2D eigenvalue weighted by atomic mass is 10.3. The van der Waals surface area contributed by atoms with Crippen LogP contribution in [0.4, 0.5) is 8.78 Å². The van der Waals surface area contributed by atoms with Gasteiger partial charge in [0.25, 0.3) is 0 Å². The quantitative estimate of drug-likeness (QED) is 0.863. The van der Waals surface area contributed by atoms with Gasteiger partial charge < -0.3 is 5.11 Å². The Kier molecular flexibility index (Phi) is 4.05. The van der Waals surface area contributed by atoms with Crippen molar-refractivity contribution >= 4 is 16.0 Å². The summed E-state index contributed by atoms with van der Waals surface area (Å²) < 4.78 is 52.3. The van der Waals surface area contributed by atoms with Gasteiger partial charge in [0.2, 0.25) is 10.0 Å². The zero-order chi connectivity index (χ0) is 14.9. The highest BCUT2D eigenvalue weighted by atomic mass is 32.2. The molecule has 0 radical (unpaired) electrons. The van der Waals surface area contributed by atoms with E-state index in [4.69, 9.17) is 5.11 Å². The van der Waals surface area contributed by atoms with Gasteiger partial charge in [-0.05, 0) is 30.9 Å². The number of carboxylic acid groups (broad SMARTS) is 1. The topological polar surface area (TPSA) is 74.7 Å². The molecule has 1 aliphatic carbocycles. The molecule has 1 N–H and O–H groups in total. The van der Waals surface area contributed by atoms with Crippen molar-refractivity contribution in [3.05, 3.63) is 29.8 Å². The largest absolute Gasteiger partial charge is 0.480 e. The van der Waals surface area contributed by atoms with Crippen molar-refractivity contribution in [3.8, 4) is 0 Å². The van der Waals surface area contributed by atoms with Crippen molar-refractivity contribution < 1.29 is 27.1 Å². The third kappa shape index (κ3) is 3.13. The summed E-state index contributed by atoms with van der Waals surface area (Å²) >= 11 is 0. The number of sulfonamides is 1. The SMILES string of the molecule is O=C(O)CN(CC1CC1)S(=O)(=O)c1c(F)cccc1F. The van der Waals surface area contributed by atoms with Gasteiger partial charge in [-0.3, -0.25) is 4.79 Å². The number of hydrogen-bond acceptors (Lipinski definition) is 3. The predicted molar refractivity (Wildman–Crippen MR) is 65.5 cm³/mol. The molecule has 1 aromatic carbocycles. The van der Waals surface area contributed by atoms with Crippen LogP contribution in [0.3, 0.4) is 0 Å². The second-order valence-electron chi connectivity index (χ2n) is 4.69. The first-order chi connectivity index (χ1) is 9.32. The molecule has 0 unspecified atom stereocenters. The van der Waals surface area contributed by atoms with Crippen LogP contribution in [0.5, 0.6) is 0 Å². The molecule has 1 aromatic rings. The van der Waals surface area contributed by atoms with E-state index in [0.717, 1.165) is 31.0 Å². The zero-order valence-electron chi connectivity index (χ0n) is 10.4. The van der Waals surface area contributed by atoms with Crippen LogP contribution in [0.1, 0.15) is 12.8 Å². The Morgan fingerprint density at radius 2 is 1.85 bits per heavy atom. The molecule has 0 aromatic heterocycles. The number of halogens is 2. The molecule has 8 heteroatoms. The second kappa shape index (κ2) is 5.45. The molecule has 0 saturated heterocycles. The molecule has 0 spiro atoms. The van der Waals surface area contributed by atoms with Gasteiger partial charge in [-0.1, -0.05) is 6.07 Å². The third-order valence-corrected chi connectivity index (χ3v) is 4.85. The Morgan fingerprint density at radius 3 is 2.30 bits per heavy atom. The maximum atomic E-state index is 13.6. The van der Waals surface area contributed by atoms with E-state index in [1.807, 2.05) is 0 Å². The molecule has 0 aliphatic heterocycles. The van der Waals surface area contributed by atoms with Gasteiger partial charge in [0.1, 0.15) is 18.2 Å². The summed E-state index contributed by atoms with van der Waals surface area (Å²) in [6.07, 6.45) is 1.57. The summed E-state index contributed by atoms with van der Waals surface area (Å²) in [6, 6.07) is 2.70. The summed E-state index contributed by atoms with van der Waals surface area (Å²) in [4.78, 5) is 9.67. The first-order valence-corrected chi connectivity index (χ1v) is 7.42. The lowest BCUT2D eigenvalue weighted by Gasteiger charge is -2.20. The first kappa shape index (κ1) is 14.9. The number of hydrogen-bond donors (Lipinski definition) is 1. The third-order valence-electron chi connectivity index (χ3n) is 2.99. The van der Waals surface area contributed by atoms with E-state index in [-0.39, 0.29) is 12.5 Å². The van der Waals surface area contributed by atoms with Gasteiger partial charge in [-0.25, -0.2) is 17.2 Å². The van der Waals surface area contributed by atoms with Crippen molar-refractivity contribution in [3.63, 3.8) is 0 Å². The Balaban J connectivity index is 2.40. The number of carbonyl (C=O) groups is 1. The molecule has 1 aliphatic rings. The standard InChI is InChI=1S/C12H13F2NO4S/c13-9-2-1-3-10(14)12(9)20(18,19)15(7-11(16)17)6-8-4-5-8/h1-3,8H,4-7H2,(H,16,17). The fourth-order valence-electron chi connectivity index (χ4n) is 1.84. The molecule has 20 heavy (non-hydrogen) atoms. The van der Waals surface area contributed by atoms with Crippen LogP contribution in [0.2, 0.25) is 0 Å². The van der Waals surface area contributed by atoms with E-state index in [0.29, 0.717) is 4.31 Å². The summed E-state index contributed by atoms with van der Waals surface area (Å²) in [5.41, 5.74) is 0. The Hall–Kier alpha value is -1.54. The van der Waals surface area contributed by atoms with Gasteiger partial charge in [-0.2, -0.15) is 4.31 Å². The van der Waals surface area contributed by atoms with Crippen molar-refractivity contribution in [1.82, 2.24) is 4.31 Å². The fourth-order valence-corrected chi connectivity index (χ4v) is 3.42. The Bertz CT molecular complexity index is 608.